The van der Waals surface area contributed by atoms with Crippen LogP contribution in [0.25, 0.3) is 0 Å². The molecule has 0 unspecified atom stereocenters. The van der Waals surface area contributed by atoms with Crippen LogP contribution in [-0.2, 0) is 6.54 Å². The molecule has 3 N–H and O–H groups in total. The summed E-state index contributed by atoms with van der Waals surface area (Å²) in [5.41, 5.74) is 7.85. The largest absolute Gasteiger partial charge is 0.398 e. The van der Waals surface area contributed by atoms with Crippen molar-refractivity contribution in [2.45, 2.75) is 19.9 Å². The summed E-state index contributed by atoms with van der Waals surface area (Å²) in [6.45, 7) is 3.22. The molecule has 0 aliphatic heterocycles. The molecule has 0 bridgehead atoms. The lowest BCUT2D eigenvalue weighted by Gasteiger charge is -2.09. The minimum absolute atomic E-state index is 0.0114. The highest BCUT2D eigenvalue weighted by Gasteiger charge is 2.04. The van der Waals surface area contributed by atoms with Crippen molar-refractivity contribution in [1.82, 2.24) is 9.78 Å². The van der Waals surface area contributed by atoms with Gasteiger partial charge < -0.3 is 11.1 Å². The third-order valence-corrected chi connectivity index (χ3v) is 2.88. The van der Waals surface area contributed by atoms with Gasteiger partial charge in [0, 0.05) is 42.4 Å². The Bertz CT molecular complexity index is 549. The number of ketones is 1. The molecule has 0 spiro atoms. The van der Waals surface area contributed by atoms with Crippen LogP contribution >= 0.6 is 0 Å². The van der Waals surface area contributed by atoms with Gasteiger partial charge >= 0.3 is 0 Å². The minimum Gasteiger partial charge on any atom is -0.398 e. The fourth-order valence-electron chi connectivity index (χ4n) is 1.90. The van der Waals surface area contributed by atoms with E-state index in [9.17, 15) is 4.79 Å². The van der Waals surface area contributed by atoms with E-state index >= 15 is 0 Å². The van der Waals surface area contributed by atoms with Gasteiger partial charge in [0.05, 0.1) is 0 Å². The number of nitrogens with zero attached hydrogens (tertiary/aromatic N) is 2. The molecule has 0 saturated heterocycles. The number of anilines is 2. The molecule has 1 heterocycles. The summed E-state index contributed by atoms with van der Waals surface area (Å²) in [5, 5.41) is 7.42. The third kappa shape index (κ3) is 3.58. The van der Waals surface area contributed by atoms with Gasteiger partial charge in [-0.1, -0.05) is 0 Å². The lowest BCUT2D eigenvalue weighted by atomic mass is 10.1. The molecule has 0 radical (unpaired) electrons. The number of nitrogens with one attached hydrogen (secondary N) is 1. The molecule has 0 saturated carbocycles. The molecule has 2 rings (SSSR count). The van der Waals surface area contributed by atoms with Crippen molar-refractivity contribution < 1.29 is 4.79 Å². The van der Waals surface area contributed by atoms with E-state index in [-0.39, 0.29) is 5.78 Å². The van der Waals surface area contributed by atoms with Gasteiger partial charge in [-0.25, -0.2) is 0 Å². The number of rotatable bonds is 6. The van der Waals surface area contributed by atoms with Gasteiger partial charge in [-0.2, -0.15) is 5.10 Å². The Morgan fingerprint density at radius 2 is 2.32 bits per heavy atom. The number of carbonyl (C=O) groups excluding carboxylic acids is 1. The summed E-state index contributed by atoms with van der Waals surface area (Å²) in [7, 11) is 0. The molecule has 0 aliphatic carbocycles. The second-order valence-corrected chi connectivity index (χ2v) is 4.41. The second-order valence-electron chi connectivity index (χ2n) is 4.41. The second kappa shape index (κ2) is 6.04. The average molecular weight is 258 g/mol. The molecule has 1 aromatic heterocycles. The van der Waals surface area contributed by atoms with E-state index in [1.54, 1.807) is 18.3 Å². The molecule has 19 heavy (non-hydrogen) atoms. The van der Waals surface area contributed by atoms with Crippen molar-refractivity contribution in [3.63, 3.8) is 0 Å². The van der Waals surface area contributed by atoms with E-state index in [1.807, 2.05) is 23.0 Å². The van der Waals surface area contributed by atoms with Crippen LogP contribution in [0, 0.1) is 0 Å². The number of nitrogen functional groups attached to an aromatic ring is 1. The van der Waals surface area contributed by atoms with Crippen molar-refractivity contribution in [3.05, 3.63) is 42.2 Å². The van der Waals surface area contributed by atoms with E-state index < -0.39 is 0 Å². The average Bonchev–Trinajstić information content (AvgIpc) is 2.87. The molecule has 5 heteroatoms. The normalized spacial score (nSPS) is 10.4. The van der Waals surface area contributed by atoms with E-state index in [4.69, 9.17) is 5.73 Å². The molecule has 0 aliphatic rings. The summed E-state index contributed by atoms with van der Waals surface area (Å²) in [6, 6.07) is 7.34. The summed E-state index contributed by atoms with van der Waals surface area (Å²) >= 11 is 0. The maximum absolute atomic E-state index is 11.3. The van der Waals surface area contributed by atoms with Crippen LogP contribution in [-0.4, -0.2) is 22.1 Å². The SMILES string of the molecule is CC(=O)c1ccc(NCCCn2cccn2)cc1N. The Hall–Kier alpha value is -2.30. The van der Waals surface area contributed by atoms with Crippen molar-refractivity contribution in [2.24, 2.45) is 0 Å². The molecule has 1 aromatic carbocycles. The number of Topliss-reactive ketones (excluding diaryl/α,β-unsaturated/α-hetero) is 1. The first-order chi connectivity index (χ1) is 9.16. The molecule has 100 valence electrons. The van der Waals surface area contributed by atoms with E-state index in [0.717, 1.165) is 25.2 Å². The summed E-state index contributed by atoms with van der Waals surface area (Å²) in [6.07, 6.45) is 4.68. The van der Waals surface area contributed by atoms with Gasteiger partial charge in [0.25, 0.3) is 0 Å². The lowest BCUT2D eigenvalue weighted by Crippen LogP contribution is -2.08. The standard InChI is InChI=1S/C14H18N4O/c1-11(19)13-5-4-12(10-14(13)15)16-6-2-8-18-9-3-7-17-18/h3-5,7,9-10,16H,2,6,8,15H2,1H3. The molecular weight excluding hydrogens is 240 g/mol. The van der Waals surface area contributed by atoms with Crippen LogP contribution in [0.5, 0.6) is 0 Å². The predicted molar refractivity (Wildman–Crippen MR) is 76.2 cm³/mol. The van der Waals surface area contributed by atoms with Crippen LogP contribution in [0.15, 0.2) is 36.7 Å². The molecule has 0 atom stereocenters. The lowest BCUT2D eigenvalue weighted by molar-refractivity contribution is 0.101. The van der Waals surface area contributed by atoms with Crippen molar-refractivity contribution in [1.29, 1.82) is 0 Å². The number of hydrogen-bond acceptors (Lipinski definition) is 4. The van der Waals surface area contributed by atoms with Crippen LogP contribution < -0.4 is 11.1 Å². The fraction of sp³-hybridized carbons (Fsp3) is 0.286. The van der Waals surface area contributed by atoms with Crippen LogP contribution in [0.3, 0.4) is 0 Å². The molecular formula is C14H18N4O. The first-order valence-electron chi connectivity index (χ1n) is 6.28. The van der Waals surface area contributed by atoms with Gasteiger partial charge in [-0.05, 0) is 37.6 Å². The number of hydrogen-bond donors (Lipinski definition) is 2. The number of carbonyl (C=O) groups is 1. The first-order valence-corrected chi connectivity index (χ1v) is 6.28. The Morgan fingerprint density at radius 3 is 2.95 bits per heavy atom. The zero-order chi connectivity index (χ0) is 13.7. The van der Waals surface area contributed by atoms with Crippen molar-refractivity contribution in [2.75, 3.05) is 17.6 Å². The Balaban J connectivity index is 1.83. The van der Waals surface area contributed by atoms with E-state index in [2.05, 4.69) is 10.4 Å². The number of aromatic nitrogens is 2. The van der Waals surface area contributed by atoms with Gasteiger partial charge in [0.15, 0.2) is 5.78 Å². The maximum Gasteiger partial charge on any atom is 0.161 e. The number of aryl methyl sites for hydroxylation is 1. The van der Waals surface area contributed by atoms with Gasteiger partial charge in [-0.15, -0.1) is 0 Å². The Labute approximate surface area is 112 Å². The van der Waals surface area contributed by atoms with Crippen LogP contribution in [0.2, 0.25) is 0 Å². The zero-order valence-corrected chi connectivity index (χ0v) is 11.0. The monoisotopic (exact) mass is 258 g/mol. The highest BCUT2D eigenvalue weighted by Crippen LogP contribution is 2.18. The maximum atomic E-state index is 11.3. The number of nitrogens with two attached hydrogens (primary N) is 1. The van der Waals surface area contributed by atoms with Crippen molar-refractivity contribution >= 4 is 17.2 Å². The summed E-state index contributed by atoms with van der Waals surface area (Å²) < 4.78 is 1.90. The van der Waals surface area contributed by atoms with E-state index in [0.29, 0.717) is 11.3 Å². The highest BCUT2D eigenvalue weighted by molar-refractivity contribution is 5.99. The van der Waals surface area contributed by atoms with Gasteiger partial charge in [0.1, 0.15) is 0 Å². The van der Waals surface area contributed by atoms with Crippen molar-refractivity contribution in [3.8, 4) is 0 Å². The first kappa shape index (κ1) is 13.1. The third-order valence-electron chi connectivity index (χ3n) is 2.88. The molecule has 0 fully saturated rings. The molecule has 0 amide bonds. The van der Waals surface area contributed by atoms with Crippen LogP contribution in [0.4, 0.5) is 11.4 Å². The topological polar surface area (TPSA) is 72.9 Å². The number of benzene rings is 1. The Morgan fingerprint density at radius 1 is 1.47 bits per heavy atom. The fourth-order valence-corrected chi connectivity index (χ4v) is 1.90. The predicted octanol–water partition coefficient (Wildman–Crippen LogP) is 2.17. The minimum atomic E-state index is -0.0114. The highest BCUT2D eigenvalue weighted by atomic mass is 16.1. The summed E-state index contributed by atoms with van der Waals surface area (Å²) in [4.78, 5) is 11.3. The van der Waals surface area contributed by atoms with Gasteiger partial charge in [0.2, 0.25) is 0 Å². The zero-order valence-electron chi connectivity index (χ0n) is 11.0. The molecule has 5 nitrogen and oxygen atoms in total. The quantitative estimate of drug-likeness (QED) is 0.473. The van der Waals surface area contributed by atoms with Gasteiger partial charge in [-0.3, -0.25) is 9.48 Å². The Kier molecular flexibility index (Phi) is 4.18. The van der Waals surface area contributed by atoms with Crippen LogP contribution in [0.1, 0.15) is 23.7 Å². The summed E-state index contributed by atoms with van der Waals surface area (Å²) in [5.74, 6) is -0.0114. The smallest absolute Gasteiger partial charge is 0.161 e. The molecule has 2 aromatic rings. The van der Waals surface area contributed by atoms with E-state index in [1.165, 1.54) is 6.92 Å².